The van der Waals surface area contributed by atoms with Crippen molar-refractivity contribution in [1.82, 2.24) is 14.7 Å². The fraction of sp³-hybridized carbons (Fsp3) is 0.600. The van der Waals surface area contributed by atoms with Crippen LogP contribution in [-0.2, 0) is 4.74 Å². The maximum Gasteiger partial charge on any atom is 0.119 e. The zero-order chi connectivity index (χ0) is 20.6. The summed E-state index contributed by atoms with van der Waals surface area (Å²) in [5.41, 5.74) is 2.74. The fourth-order valence-electron chi connectivity index (χ4n) is 4.61. The van der Waals surface area contributed by atoms with Gasteiger partial charge < -0.3 is 24.2 Å². The molecule has 0 unspecified atom stereocenters. The molecule has 30 heavy (non-hydrogen) atoms. The standard InChI is InChI=1S/C25H37N3O2/c1-22(28-17-20-29-21-18-28)27-15-10-24(11-16-27)23-6-8-25(9-7-23)30-19-5-14-26-12-3-2-4-13-26/h6-10H,1-5,11-21H2. The number of morpholine rings is 1. The van der Waals surface area contributed by atoms with Crippen LogP contribution in [0.25, 0.3) is 5.57 Å². The van der Waals surface area contributed by atoms with E-state index in [0.717, 1.165) is 77.0 Å². The van der Waals surface area contributed by atoms with E-state index in [1.54, 1.807) is 0 Å². The molecule has 0 aromatic heterocycles. The lowest BCUT2D eigenvalue weighted by Crippen LogP contribution is -2.42. The van der Waals surface area contributed by atoms with Crippen molar-refractivity contribution in [2.75, 3.05) is 65.6 Å². The first-order chi connectivity index (χ1) is 14.8. The van der Waals surface area contributed by atoms with Crippen molar-refractivity contribution in [3.8, 4) is 5.75 Å². The molecule has 0 spiro atoms. The molecule has 3 heterocycles. The third-order valence-electron chi connectivity index (χ3n) is 6.51. The van der Waals surface area contributed by atoms with Gasteiger partial charge in [0.15, 0.2) is 0 Å². The normalized spacial score (nSPS) is 20.7. The van der Waals surface area contributed by atoms with E-state index in [2.05, 4.69) is 51.6 Å². The molecule has 5 heteroatoms. The van der Waals surface area contributed by atoms with Gasteiger partial charge in [0, 0.05) is 32.7 Å². The summed E-state index contributed by atoms with van der Waals surface area (Å²) in [6, 6.07) is 8.66. The summed E-state index contributed by atoms with van der Waals surface area (Å²) in [6.45, 7) is 14.3. The second kappa shape index (κ2) is 10.9. The number of ether oxygens (including phenoxy) is 2. The predicted octanol–water partition coefficient (Wildman–Crippen LogP) is 3.83. The molecule has 0 atom stereocenters. The molecule has 4 rings (SSSR count). The Morgan fingerprint density at radius 1 is 0.933 bits per heavy atom. The first-order valence-corrected chi connectivity index (χ1v) is 11.7. The van der Waals surface area contributed by atoms with E-state index in [1.165, 1.54) is 43.5 Å². The Balaban J connectivity index is 1.21. The predicted molar refractivity (Wildman–Crippen MR) is 123 cm³/mol. The van der Waals surface area contributed by atoms with Crippen molar-refractivity contribution in [3.05, 3.63) is 48.3 Å². The van der Waals surface area contributed by atoms with Gasteiger partial charge in [0.1, 0.15) is 5.75 Å². The van der Waals surface area contributed by atoms with Crippen molar-refractivity contribution < 1.29 is 9.47 Å². The summed E-state index contributed by atoms with van der Waals surface area (Å²) in [5.74, 6) is 2.12. The SMILES string of the molecule is C=C(N1CC=C(c2ccc(OCCCN3CCCCC3)cc2)CC1)N1CCOCC1. The van der Waals surface area contributed by atoms with E-state index < -0.39 is 0 Å². The Bertz CT molecular complexity index is 704. The Morgan fingerprint density at radius 2 is 1.70 bits per heavy atom. The largest absolute Gasteiger partial charge is 0.494 e. The van der Waals surface area contributed by atoms with E-state index in [0.29, 0.717) is 0 Å². The number of benzene rings is 1. The lowest BCUT2D eigenvalue weighted by atomic mass is 9.99. The summed E-state index contributed by atoms with van der Waals surface area (Å²) in [4.78, 5) is 7.30. The van der Waals surface area contributed by atoms with E-state index in [4.69, 9.17) is 9.47 Å². The summed E-state index contributed by atoms with van der Waals surface area (Å²) >= 11 is 0. The molecule has 0 radical (unpaired) electrons. The van der Waals surface area contributed by atoms with Crippen LogP contribution >= 0.6 is 0 Å². The highest BCUT2D eigenvalue weighted by Crippen LogP contribution is 2.26. The van der Waals surface area contributed by atoms with Crippen molar-refractivity contribution in [3.63, 3.8) is 0 Å². The van der Waals surface area contributed by atoms with Crippen LogP contribution in [0.2, 0.25) is 0 Å². The highest BCUT2D eigenvalue weighted by molar-refractivity contribution is 5.67. The molecule has 1 aromatic carbocycles. The van der Waals surface area contributed by atoms with Crippen LogP contribution in [0.3, 0.4) is 0 Å². The van der Waals surface area contributed by atoms with Gasteiger partial charge in [0.25, 0.3) is 0 Å². The highest BCUT2D eigenvalue weighted by atomic mass is 16.5. The van der Waals surface area contributed by atoms with Gasteiger partial charge in [-0.05, 0) is 62.0 Å². The maximum absolute atomic E-state index is 5.97. The molecule has 2 saturated heterocycles. The Labute approximate surface area is 181 Å². The van der Waals surface area contributed by atoms with Crippen LogP contribution in [0, 0.1) is 0 Å². The van der Waals surface area contributed by atoms with E-state index >= 15 is 0 Å². The van der Waals surface area contributed by atoms with Crippen molar-refractivity contribution in [1.29, 1.82) is 0 Å². The molecule has 0 N–H and O–H groups in total. The minimum atomic E-state index is 0.803. The van der Waals surface area contributed by atoms with Gasteiger partial charge >= 0.3 is 0 Å². The average Bonchev–Trinajstić information content (AvgIpc) is 2.83. The second-order valence-corrected chi connectivity index (χ2v) is 8.57. The highest BCUT2D eigenvalue weighted by Gasteiger charge is 2.20. The van der Waals surface area contributed by atoms with Gasteiger partial charge in [-0.25, -0.2) is 0 Å². The van der Waals surface area contributed by atoms with Gasteiger partial charge in [-0.2, -0.15) is 0 Å². The summed E-state index contributed by atoms with van der Waals surface area (Å²) < 4.78 is 11.4. The third kappa shape index (κ3) is 5.79. The molecule has 1 aromatic rings. The van der Waals surface area contributed by atoms with Crippen molar-refractivity contribution in [2.45, 2.75) is 32.1 Å². The van der Waals surface area contributed by atoms with E-state index in [-0.39, 0.29) is 0 Å². The average molecular weight is 412 g/mol. The molecule has 3 aliphatic rings. The first kappa shape index (κ1) is 21.3. The van der Waals surface area contributed by atoms with Gasteiger partial charge in [0.05, 0.1) is 25.6 Å². The van der Waals surface area contributed by atoms with Crippen molar-refractivity contribution >= 4 is 5.57 Å². The minimum Gasteiger partial charge on any atom is -0.494 e. The quantitative estimate of drug-likeness (QED) is 0.606. The fourth-order valence-corrected chi connectivity index (χ4v) is 4.61. The molecule has 164 valence electrons. The molecule has 2 fully saturated rings. The number of hydrogen-bond donors (Lipinski definition) is 0. The first-order valence-electron chi connectivity index (χ1n) is 11.7. The van der Waals surface area contributed by atoms with E-state index in [1.807, 2.05) is 0 Å². The maximum atomic E-state index is 5.97. The Kier molecular flexibility index (Phi) is 7.70. The number of rotatable bonds is 8. The van der Waals surface area contributed by atoms with Crippen LogP contribution in [0.4, 0.5) is 0 Å². The zero-order valence-electron chi connectivity index (χ0n) is 18.4. The van der Waals surface area contributed by atoms with Crippen LogP contribution in [0.15, 0.2) is 42.7 Å². The monoisotopic (exact) mass is 411 g/mol. The molecule has 0 bridgehead atoms. The van der Waals surface area contributed by atoms with Gasteiger partial charge in [-0.15, -0.1) is 0 Å². The molecular formula is C25H37N3O2. The molecule has 5 nitrogen and oxygen atoms in total. The van der Waals surface area contributed by atoms with Crippen LogP contribution in [-0.4, -0.2) is 80.3 Å². The second-order valence-electron chi connectivity index (χ2n) is 8.57. The molecule has 0 amide bonds. The Hall–Kier alpha value is -1.98. The topological polar surface area (TPSA) is 28.2 Å². The third-order valence-corrected chi connectivity index (χ3v) is 6.51. The van der Waals surface area contributed by atoms with Gasteiger partial charge in [-0.3, -0.25) is 0 Å². The lowest BCUT2D eigenvalue weighted by molar-refractivity contribution is 0.0390. The summed E-state index contributed by atoms with van der Waals surface area (Å²) in [7, 11) is 0. The van der Waals surface area contributed by atoms with Crippen molar-refractivity contribution in [2.24, 2.45) is 0 Å². The number of piperidine rings is 1. The smallest absolute Gasteiger partial charge is 0.119 e. The van der Waals surface area contributed by atoms with Crippen LogP contribution in [0.5, 0.6) is 5.75 Å². The van der Waals surface area contributed by atoms with Crippen LogP contribution in [0.1, 0.15) is 37.7 Å². The molecule has 0 saturated carbocycles. The minimum absolute atomic E-state index is 0.803. The number of hydrogen-bond acceptors (Lipinski definition) is 5. The van der Waals surface area contributed by atoms with E-state index in [9.17, 15) is 0 Å². The molecule has 3 aliphatic heterocycles. The zero-order valence-corrected chi connectivity index (χ0v) is 18.4. The molecular weight excluding hydrogens is 374 g/mol. The van der Waals surface area contributed by atoms with Crippen LogP contribution < -0.4 is 4.74 Å². The summed E-state index contributed by atoms with van der Waals surface area (Å²) in [6.07, 6.45) is 8.63. The van der Waals surface area contributed by atoms with Gasteiger partial charge in [0.2, 0.25) is 0 Å². The lowest BCUT2D eigenvalue weighted by Gasteiger charge is -2.38. The number of nitrogens with zero attached hydrogens (tertiary/aromatic N) is 3. The Morgan fingerprint density at radius 3 is 2.40 bits per heavy atom. The molecule has 0 aliphatic carbocycles. The van der Waals surface area contributed by atoms with Gasteiger partial charge in [-0.1, -0.05) is 31.2 Å². The summed E-state index contributed by atoms with van der Waals surface area (Å²) in [5, 5.41) is 0. The number of likely N-dealkylation sites (tertiary alicyclic amines) is 1.